The van der Waals surface area contributed by atoms with Crippen molar-refractivity contribution in [2.24, 2.45) is 5.92 Å². The smallest absolute Gasteiger partial charge is 0.234 e. The van der Waals surface area contributed by atoms with Crippen LogP contribution in [-0.4, -0.2) is 54.4 Å². The van der Waals surface area contributed by atoms with Crippen LogP contribution in [0.15, 0.2) is 28.8 Å². The molecule has 2 aromatic rings. The number of benzene rings is 1. The van der Waals surface area contributed by atoms with E-state index in [0.717, 1.165) is 63.8 Å². The van der Waals surface area contributed by atoms with E-state index in [2.05, 4.69) is 39.6 Å². The Labute approximate surface area is 166 Å². The molecule has 0 radical (unpaired) electrons. The monoisotopic (exact) mass is 390 g/mol. The van der Waals surface area contributed by atoms with Crippen molar-refractivity contribution in [1.82, 2.24) is 20.4 Å². The van der Waals surface area contributed by atoms with E-state index >= 15 is 0 Å². The summed E-state index contributed by atoms with van der Waals surface area (Å²) in [5.41, 5.74) is 2.41. The zero-order valence-corrected chi connectivity index (χ0v) is 16.3. The van der Waals surface area contributed by atoms with Crippen LogP contribution in [0.2, 0.25) is 0 Å². The van der Waals surface area contributed by atoms with Crippen molar-refractivity contribution < 1.29 is 9.26 Å². The second-order valence-electron chi connectivity index (χ2n) is 7.88. The normalized spacial score (nSPS) is 28.1. The van der Waals surface area contributed by atoms with Gasteiger partial charge < -0.3 is 14.6 Å². The Morgan fingerprint density at radius 3 is 2.81 bits per heavy atom. The standard InChI is InChI=1S/C20H26N4O2.ClH/c1-2-17-12-21-14-20(17,7-1)19-22-18(23-26-19)16-5-3-15(4-6-16)13-24-8-10-25-11-9-24;/h3-6,17,21H,1-2,7-14H2;1H/t17-,20-;/m1./s1. The third kappa shape index (κ3) is 3.51. The molecular formula is C20H27ClN4O2. The summed E-state index contributed by atoms with van der Waals surface area (Å²) < 4.78 is 11.2. The van der Waals surface area contributed by atoms with Gasteiger partial charge in [-0.2, -0.15) is 4.98 Å². The highest BCUT2D eigenvalue weighted by atomic mass is 35.5. The molecule has 2 atom stereocenters. The highest BCUT2D eigenvalue weighted by molar-refractivity contribution is 5.85. The van der Waals surface area contributed by atoms with Crippen molar-refractivity contribution >= 4 is 12.4 Å². The minimum absolute atomic E-state index is 0. The predicted molar refractivity (Wildman–Crippen MR) is 105 cm³/mol. The second-order valence-corrected chi connectivity index (χ2v) is 7.88. The molecule has 27 heavy (non-hydrogen) atoms. The summed E-state index contributed by atoms with van der Waals surface area (Å²) in [6.07, 6.45) is 3.69. The fraction of sp³-hybridized carbons (Fsp3) is 0.600. The Bertz CT molecular complexity index is 748. The summed E-state index contributed by atoms with van der Waals surface area (Å²) in [4.78, 5) is 7.22. The zero-order valence-electron chi connectivity index (χ0n) is 15.5. The number of aromatic nitrogens is 2. The van der Waals surface area contributed by atoms with Crippen LogP contribution in [0.5, 0.6) is 0 Å². The van der Waals surface area contributed by atoms with Crippen molar-refractivity contribution in [3.63, 3.8) is 0 Å². The first kappa shape index (κ1) is 18.9. The highest BCUT2D eigenvalue weighted by Gasteiger charge is 2.51. The van der Waals surface area contributed by atoms with E-state index in [1.165, 1.54) is 18.4 Å². The van der Waals surface area contributed by atoms with Gasteiger partial charge in [0.25, 0.3) is 0 Å². The predicted octanol–water partition coefficient (Wildman–Crippen LogP) is 2.63. The number of nitrogens with one attached hydrogen (secondary N) is 1. The van der Waals surface area contributed by atoms with Crippen LogP contribution in [0.4, 0.5) is 0 Å². The van der Waals surface area contributed by atoms with Gasteiger partial charge in [0.2, 0.25) is 11.7 Å². The third-order valence-electron chi connectivity index (χ3n) is 6.36. The fourth-order valence-electron chi connectivity index (χ4n) is 4.82. The number of morpholine rings is 1. The van der Waals surface area contributed by atoms with Crippen LogP contribution in [0.3, 0.4) is 0 Å². The molecule has 0 unspecified atom stereocenters. The van der Waals surface area contributed by atoms with Crippen molar-refractivity contribution in [3.8, 4) is 11.4 Å². The average Bonchev–Trinajstić information content (AvgIpc) is 3.38. The summed E-state index contributed by atoms with van der Waals surface area (Å²) in [6, 6.07) is 8.57. The molecule has 7 heteroatoms. The first-order chi connectivity index (χ1) is 12.8. The van der Waals surface area contributed by atoms with Gasteiger partial charge in [-0.1, -0.05) is 35.8 Å². The molecule has 2 aliphatic heterocycles. The van der Waals surface area contributed by atoms with Gasteiger partial charge in [-0.05, 0) is 30.9 Å². The summed E-state index contributed by atoms with van der Waals surface area (Å²) in [5.74, 6) is 2.19. The number of ether oxygens (including phenoxy) is 1. The molecule has 1 N–H and O–H groups in total. The van der Waals surface area contributed by atoms with Gasteiger partial charge in [-0.15, -0.1) is 12.4 Å². The van der Waals surface area contributed by atoms with E-state index in [9.17, 15) is 0 Å². The lowest BCUT2D eigenvalue weighted by molar-refractivity contribution is 0.0342. The number of hydrogen-bond donors (Lipinski definition) is 1. The first-order valence-electron chi connectivity index (χ1n) is 9.78. The summed E-state index contributed by atoms with van der Waals surface area (Å²) in [6.45, 7) is 6.70. The molecule has 5 rings (SSSR count). The van der Waals surface area contributed by atoms with Gasteiger partial charge in [-0.25, -0.2) is 0 Å². The molecule has 3 aliphatic rings. The Morgan fingerprint density at radius 2 is 2.00 bits per heavy atom. The van der Waals surface area contributed by atoms with E-state index < -0.39 is 0 Å². The van der Waals surface area contributed by atoms with E-state index in [-0.39, 0.29) is 17.8 Å². The van der Waals surface area contributed by atoms with Crippen LogP contribution in [0.1, 0.15) is 30.7 Å². The van der Waals surface area contributed by atoms with Gasteiger partial charge in [0, 0.05) is 31.7 Å². The number of nitrogens with zero attached hydrogens (tertiary/aromatic N) is 3. The molecule has 3 heterocycles. The maximum atomic E-state index is 5.74. The second kappa shape index (κ2) is 7.87. The van der Waals surface area contributed by atoms with Crippen molar-refractivity contribution in [2.45, 2.75) is 31.2 Å². The zero-order chi connectivity index (χ0) is 17.4. The highest BCUT2D eigenvalue weighted by Crippen LogP contribution is 2.47. The van der Waals surface area contributed by atoms with E-state index in [4.69, 9.17) is 14.2 Å². The SMILES string of the molecule is Cl.c1cc(-c2noc([C@@]34CCC[C@@H]3CNC4)n2)ccc1CN1CCOCC1. The number of hydrogen-bond acceptors (Lipinski definition) is 6. The minimum Gasteiger partial charge on any atom is -0.379 e. The lowest BCUT2D eigenvalue weighted by Gasteiger charge is -2.26. The van der Waals surface area contributed by atoms with Gasteiger partial charge >= 0.3 is 0 Å². The Balaban J connectivity index is 0.00000180. The van der Waals surface area contributed by atoms with Gasteiger partial charge in [-0.3, -0.25) is 4.90 Å². The summed E-state index contributed by atoms with van der Waals surface area (Å²) in [7, 11) is 0. The lowest BCUT2D eigenvalue weighted by atomic mass is 9.80. The molecule has 1 aliphatic carbocycles. The maximum absolute atomic E-state index is 5.74. The maximum Gasteiger partial charge on any atom is 0.234 e. The van der Waals surface area contributed by atoms with E-state index in [0.29, 0.717) is 11.7 Å². The largest absolute Gasteiger partial charge is 0.379 e. The van der Waals surface area contributed by atoms with Gasteiger partial charge in [0.05, 0.1) is 18.6 Å². The number of rotatable bonds is 4. The Morgan fingerprint density at radius 1 is 1.19 bits per heavy atom. The van der Waals surface area contributed by atoms with Crippen molar-refractivity contribution in [2.75, 3.05) is 39.4 Å². The summed E-state index contributed by atoms with van der Waals surface area (Å²) in [5, 5.41) is 7.81. The molecule has 2 saturated heterocycles. The van der Waals surface area contributed by atoms with Crippen LogP contribution in [0.25, 0.3) is 11.4 Å². The minimum atomic E-state index is 0. The van der Waals surface area contributed by atoms with E-state index in [1.54, 1.807) is 0 Å². The molecule has 0 amide bonds. The van der Waals surface area contributed by atoms with Crippen LogP contribution >= 0.6 is 12.4 Å². The topological polar surface area (TPSA) is 63.4 Å². The molecule has 0 bridgehead atoms. The Kier molecular flexibility index (Phi) is 5.50. The molecular weight excluding hydrogens is 364 g/mol. The third-order valence-corrected chi connectivity index (χ3v) is 6.36. The first-order valence-corrected chi connectivity index (χ1v) is 9.78. The average molecular weight is 391 g/mol. The van der Waals surface area contributed by atoms with Crippen LogP contribution < -0.4 is 5.32 Å². The Hall–Kier alpha value is -1.47. The quantitative estimate of drug-likeness (QED) is 0.865. The van der Waals surface area contributed by atoms with Gasteiger partial charge in [0.15, 0.2) is 0 Å². The molecule has 146 valence electrons. The van der Waals surface area contributed by atoms with Crippen molar-refractivity contribution in [1.29, 1.82) is 0 Å². The molecule has 3 fully saturated rings. The van der Waals surface area contributed by atoms with Gasteiger partial charge in [0.1, 0.15) is 0 Å². The van der Waals surface area contributed by atoms with Crippen LogP contribution in [-0.2, 0) is 16.7 Å². The van der Waals surface area contributed by atoms with E-state index in [1.807, 2.05) is 0 Å². The van der Waals surface area contributed by atoms with Crippen molar-refractivity contribution in [3.05, 3.63) is 35.7 Å². The summed E-state index contributed by atoms with van der Waals surface area (Å²) >= 11 is 0. The number of halogens is 1. The molecule has 0 spiro atoms. The fourth-order valence-corrected chi connectivity index (χ4v) is 4.82. The number of fused-ring (bicyclic) bond motifs is 1. The molecule has 1 saturated carbocycles. The molecule has 6 nitrogen and oxygen atoms in total. The molecule has 1 aromatic heterocycles. The van der Waals surface area contributed by atoms with Crippen LogP contribution in [0, 0.1) is 5.92 Å². The lowest BCUT2D eigenvalue weighted by Crippen LogP contribution is -2.35. The molecule has 1 aromatic carbocycles.